The van der Waals surface area contributed by atoms with Crippen LogP contribution in [0, 0.1) is 5.92 Å². The van der Waals surface area contributed by atoms with Gasteiger partial charge in [-0.1, -0.05) is 12.8 Å². The van der Waals surface area contributed by atoms with Crippen molar-refractivity contribution in [3.05, 3.63) is 0 Å². The molecule has 0 radical (unpaired) electrons. The molecule has 70 valence electrons. The van der Waals surface area contributed by atoms with Crippen LogP contribution >= 0.6 is 0 Å². The van der Waals surface area contributed by atoms with Crippen LogP contribution in [0.1, 0.15) is 25.7 Å². The minimum Gasteiger partial charge on any atom is -0.480 e. The van der Waals surface area contributed by atoms with E-state index in [0.717, 1.165) is 12.8 Å². The topological polar surface area (TPSA) is 63.3 Å². The van der Waals surface area contributed by atoms with E-state index in [4.69, 9.17) is 10.8 Å². The summed E-state index contributed by atoms with van der Waals surface area (Å²) in [6.45, 7) is -0.657. The molecule has 0 bridgehead atoms. The van der Waals surface area contributed by atoms with Gasteiger partial charge in [-0.05, 0) is 12.3 Å². The second-order valence-electron chi connectivity index (χ2n) is 3.55. The Labute approximate surface area is 70.7 Å². The predicted octanol–water partition coefficient (Wildman–Crippen LogP) is 0.928. The summed E-state index contributed by atoms with van der Waals surface area (Å²) < 4.78 is 12.0. The molecule has 0 amide bonds. The van der Waals surface area contributed by atoms with Gasteiger partial charge < -0.3 is 10.8 Å². The minimum absolute atomic E-state index is 0.0706. The standard InChI is InChI=1S/C8H14FNO2/c9-4-3-8(10,7(11)12)5-6-1-2-6/h6H,1-5,10H2,(H,11,12)/t8-/m0/s1. The van der Waals surface area contributed by atoms with Crippen molar-refractivity contribution >= 4 is 5.97 Å². The molecule has 1 aliphatic carbocycles. The molecule has 0 spiro atoms. The maximum atomic E-state index is 12.0. The minimum atomic E-state index is -1.32. The van der Waals surface area contributed by atoms with Crippen LogP contribution < -0.4 is 5.73 Å². The zero-order valence-corrected chi connectivity index (χ0v) is 6.92. The summed E-state index contributed by atoms with van der Waals surface area (Å²) in [5.41, 5.74) is 4.23. The molecule has 0 saturated heterocycles. The Kier molecular flexibility index (Phi) is 2.67. The third-order valence-electron chi connectivity index (χ3n) is 2.32. The maximum absolute atomic E-state index is 12.0. The summed E-state index contributed by atoms with van der Waals surface area (Å²) in [4.78, 5) is 10.7. The Morgan fingerprint density at radius 3 is 2.58 bits per heavy atom. The number of rotatable bonds is 5. The van der Waals surface area contributed by atoms with Gasteiger partial charge in [-0.15, -0.1) is 0 Å². The molecule has 3 N–H and O–H groups in total. The van der Waals surface area contributed by atoms with E-state index in [1.807, 2.05) is 0 Å². The van der Waals surface area contributed by atoms with Crippen LogP contribution in [0.5, 0.6) is 0 Å². The molecular weight excluding hydrogens is 161 g/mol. The van der Waals surface area contributed by atoms with E-state index in [9.17, 15) is 9.18 Å². The largest absolute Gasteiger partial charge is 0.480 e. The van der Waals surface area contributed by atoms with E-state index >= 15 is 0 Å². The summed E-state index contributed by atoms with van der Waals surface area (Å²) in [5, 5.41) is 8.75. The van der Waals surface area contributed by atoms with E-state index in [-0.39, 0.29) is 6.42 Å². The van der Waals surface area contributed by atoms with E-state index in [1.165, 1.54) is 0 Å². The number of aliphatic carboxylic acids is 1. The Bertz CT molecular complexity index is 182. The van der Waals surface area contributed by atoms with Gasteiger partial charge in [0.25, 0.3) is 0 Å². The van der Waals surface area contributed by atoms with Crippen LogP contribution in [0.3, 0.4) is 0 Å². The van der Waals surface area contributed by atoms with Gasteiger partial charge in [0.05, 0.1) is 6.67 Å². The summed E-state index contributed by atoms with van der Waals surface area (Å²) in [6.07, 6.45) is 2.43. The molecule has 1 aliphatic rings. The van der Waals surface area contributed by atoms with Crippen molar-refractivity contribution in [1.29, 1.82) is 0 Å². The van der Waals surface area contributed by atoms with Crippen molar-refractivity contribution in [2.24, 2.45) is 11.7 Å². The highest BCUT2D eigenvalue weighted by atomic mass is 19.1. The SMILES string of the molecule is N[C@@](CCF)(CC1CC1)C(=O)O. The Hall–Kier alpha value is -0.640. The van der Waals surface area contributed by atoms with E-state index in [2.05, 4.69) is 0 Å². The lowest BCUT2D eigenvalue weighted by atomic mass is 9.91. The summed E-state index contributed by atoms with van der Waals surface area (Å²) >= 11 is 0. The summed E-state index contributed by atoms with van der Waals surface area (Å²) in [5.74, 6) is -0.662. The van der Waals surface area contributed by atoms with Gasteiger partial charge in [0.2, 0.25) is 0 Å². The highest BCUT2D eigenvalue weighted by molar-refractivity contribution is 5.78. The highest BCUT2D eigenvalue weighted by Gasteiger charge is 2.39. The number of carboxylic acids is 1. The molecular formula is C8H14FNO2. The third-order valence-corrected chi connectivity index (χ3v) is 2.32. The van der Waals surface area contributed by atoms with Gasteiger partial charge in [0.1, 0.15) is 5.54 Å². The first kappa shape index (κ1) is 9.45. The monoisotopic (exact) mass is 175 g/mol. The summed E-state index contributed by atoms with van der Waals surface area (Å²) in [6, 6.07) is 0. The molecule has 0 aliphatic heterocycles. The van der Waals surface area contributed by atoms with Crippen LogP contribution in [0.4, 0.5) is 4.39 Å². The molecule has 4 heteroatoms. The number of hydrogen-bond acceptors (Lipinski definition) is 2. The number of hydrogen-bond donors (Lipinski definition) is 2. The Balaban J connectivity index is 2.49. The number of carboxylic acid groups (broad SMARTS) is 1. The average Bonchev–Trinajstić information content (AvgIpc) is 2.71. The van der Waals surface area contributed by atoms with Crippen LogP contribution in [-0.4, -0.2) is 23.3 Å². The van der Waals surface area contributed by atoms with Crippen LogP contribution in [0.25, 0.3) is 0 Å². The van der Waals surface area contributed by atoms with Gasteiger partial charge >= 0.3 is 5.97 Å². The van der Waals surface area contributed by atoms with Crippen molar-refractivity contribution < 1.29 is 14.3 Å². The second kappa shape index (κ2) is 3.39. The van der Waals surface area contributed by atoms with Gasteiger partial charge in [0.15, 0.2) is 0 Å². The van der Waals surface area contributed by atoms with Crippen molar-refractivity contribution in [1.82, 2.24) is 0 Å². The third kappa shape index (κ3) is 2.17. The fraction of sp³-hybridized carbons (Fsp3) is 0.875. The molecule has 1 atom stereocenters. The van der Waals surface area contributed by atoms with Gasteiger partial charge in [-0.25, -0.2) is 0 Å². The lowest BCUT2D eigenvalue weighted by molar-refractivity contribution is -0.144. The van der Waals surface area contributed by atoms with E-state index in [1.54, 1.807) is 0 Å². The number of alkyl halides is 1. The Morgan fingerprint density at radius 1 is 1.67 bits per heavy atom. The first-order valence-electron chi connectivity index (χ1n) is 4.17. The van der Waals surface area contributed by atoms with Crippen molar-refractivity contribution in [2.45, 2.75) is 31.2 Å². The molecule has 1 rings (SSSR count). The molecule has 1 fully saturated rings. The molecule has 0 unspecified atom stereocenters. The van der Waals surface area contributed by atoms with Crippen molar-refractivity contribution in [2.75, 3.05) is 6.67 Å². The average molecular weight is 175 g/mol. The van der Waals surface area contributed by atoms with Gasteiger partial charge in [0, 0.05) is 6.42 Å². The zero-order chi connectivity index (χ0) is 9.19. The number of halogens is 1. The Morgan fingerprint density at radius 2 is 2.25 bits per heavy atom. The van der Waals surface area contributed by atoms with Crippen LogP contribution in [0.2, 0.25) is 0 Å². The molecule has 12 heavy (non-hydrogen) atoms. The van der Waals surface area contributed by atoms with E-state index < -0.39 is 18.2 Å². The van der Waals surface area contributed by atoms with Crippen LogP contribution in [0.15, 0.2) is 0 Å². The van der Waals surface area contributed by atoms with Gasteiger partial charge in [-0.2, -0.15) is 0 Å². The fourth-order valence-electron chi connectivity index (χ4n) is 1.30. The lowest BCUT2D eigenvalue weighted by Crippen LogP contribution is -2.48. The fourth-order valence-corrected chi connectivity index (χ4v) is 1.30. The number of nitrogens with two attached hydrogens (primary N) is 1. The highest BCUT2D eigenvalue weighted by Crippen LogP contribution is 2.37. The molecule has 0 heterocycles. The molecule has 3 nitrogen and oxygen atoms in total. The first-order chi connectivity index (χ1) is 5.58. The van der Waals surface area contributed by atoms with Crippen LogP contribution in [-0.2, 0) is 4.79 Å². The predicted molar refractivity (Wildman–Crippen MR) is 42.5 cm³/mol. The maximum Gasteiger partial charge on any atom is 0.323 e. The first-order valence-corrected chi connectivity index (χ1v) is 4.17. The summed E-state index contributed by atoms with van der Waals surface area (Å²) in [7, 11) is 0. The molecule has 1 saturated carbocycles. The zero-order valence-electron chi connectivity index (χ0n) is 6.92. The molecule has 0 aromatic carbocycles. The molecule has 0 aromatic heterocycles. The quantitative estimate of drug-likeness (QED) is 0.653. The van der Waals surface area contributed by atoms with Crippen molar-refractivity contribution in [3.8, 4) is 0 Å². The number of carbonyl (C=O) groups is 1. The molecule has 0 aromatic rings. The van der Waals surface area contributed by atoms with E-state index in [0.29, 0.717) is 12.3 Å². The van der Waals surface area contributed by atoms with Crippen molar-refractivity contribution in [3.63, 3.8) is 0 Å². The lowest BCUT2D eigenvalue weighted by Gasteiger charge is -2.22. The normalized spacial score (nSPS) is 21.8. The second-order valence-corrected chi connectivity index (χ2v) is 3.55. The smallest absolute Gasteiger partial charge is 0.323 e. The van der Waals surface area contributed by atoms with Gasteiger partial charge in [-0.3, -0.25) is 9.18 Å².